The Morgan fingerprint density at radius 3 is 3.00 bits per heavy atom. The van der Waals surface area contributed by atoms with Gasteiger partial charge in [0.15, 0.2) is 0 Å². The van der Waals surface area contributed by atoms with Crippen LogP contribution in [-0.2, 0) is 4.74 Å². The molecule has 2 aromatic heterocycles. The monoisotopic (exact) mass is 321 g/mol. The molecule has 1 amide bonds. The molecule has 0 unspecified atom stereocenters. The van der Waals surface area contributed by atoms with Crippen molar-refractivity contribution in [3.63, 3.8) is 0 Å². The lowest BCUT2D eigenvalue weighted by Gasteiger charge is -2.31. The first-order valence-electron chi connectivity index (χ1n) is 7.25. The third-order valence-corrected chi connectivity index (χ3v) is 4.62. The fraction of sp³-hybridized carbons (Fsp3) is 0.467. The molecule has 3 rings (SSSR count). The summed E-state index contributed by atoms with van der Waals surface area (Å²) < 4.78 is 5.23. The summed E-state index contributed by atoms with van der Waals surface area (Å²) in [5.74, 6) is -0.224. The van der Waals surface area contributed by atoms with E-state index in [1.54, 1.807) is 23.6 Å². The zero-order valence-corrected chi connectivity index (χ0v) is 13.2. The molecular formula is C15H19N3O3S. The second-order valence-corrected chi connectivity index (χ2v) is 6.64. The molecule has 0 radical (unpaired) electrons. The van der Waals surface area contributed by atoms with Crippen molar-refractivity contribution in [2.75, 3.05) is 19.8 Å². The molecule has 22 heavy (non-hydrogen) atoms. The Kier molecular flexibility index (Phi) is 4.28. The Hall–Kier alpha value is -1.70. The molecule has 118 valence electrons. The highest BCUT2D eigenvalue weighted by Gasteiger charge is 2.30. The average molecular weight is 321 g/mol. The first kappa shape index (κ1) is 15.2. The summed E-state index contributed by atoms with van der Waals surface area (Å²) >= 11 is 1.57. The minimum absolute atomic E-state index is 0.224. The predicted molar refractivity (Wildman–Crippen MR) is 84.0 cm³/mol. The summed E-state index contributed by atoms with van der Waals surface area (Å²) in [5, 5.41) is 16.1. The molecule has 1 aliphatic heterocycles. The van der Waals surface area contributed by atoms with Crippen LogP contribution in [0.2, 0.25) is 0 Å². The third-order valence-electron chi connectivity index (χ3n) is 3.84. The minimum Gasteiger partial charge on any atom is -0.388 e. The van der Waals surface area contributed by atoms with Crippen LogP contribution in [0.15, 0.2) is 17.6 Å². The Balaban J connectivity index is 1.62. The number of aliphatic hydroxyl groups is 1. The van der Waals surface area contributed by atoms with E-state index in [2.05, 4.69) is 15.3 Å². The van der Waals surface area contributed by atoms with Crippen LogP contribution in [0.1, 0.15) is 28.3 Å². The van der Waals surface area contributed by atoms with Gasteiger partial charge in [0, 0.05) is 49.7 Å². The highest BCUT2D eigenvalue weighted by atomic mass is 32.1. The second kappa shape index (κ2) is 6.20. The smallest absolute Gasteiger partial charge is 0.267 e. The van der Waals surface area contributed by atoms with Gasteiger partial charge in [-0.25, -0.2) is 4.98 Å². The second-order valence-electron chi connectivity index (χ2n) is 5.57. The van der Waals surface area contributed by atoms with Gasteiger partial charge in [0.2, 0.25) is 0 Å². The number of rotatable bonds is 4. The molecule has 1 aliphatic rings. The van der Waals surface area contributed by atoms with E-state index >= 15 is 0 Å². The van der Waals surface area contributed by atoms with Crippen molar-refractivity contribution in [2.24, 2.45) is 0 Å². The molecule has 2 aromatic rings. The number of thiazole rings is 1. The Morgan fingerprint density at radius 1 is 1.55 bits per heavy atom. The number of aromatic nitrogens is 2. The largest absolute Gasteiger partial charge is 0.388 e. The summed E-state index contributed by atoms with van der Waals surface area (Å²) in [6, 6.07) is 1.78. The van der Waals surface area contributed by atoms with Gasteiger partial charge in [0.05, 0.1) is 16.3 Å². The fourth-order valence-electron chi connectivity index (χ4n) is 2.44. The highest BCUT2D eigenvalue weighted by Crippen LogP contribution is 2.23. The number of H-pyrrole nitrogens is 1. The van der Waals surface area contributed by atoms with Gasteiger partial charge in [-0.15, -0.1) is 11.3 Å². The van der Waals surface area contributed by atoms with Crippen LogP contribution in [0.5, 0.6) is 0 Å². The van der Waals surface area contributed by atoms with Crippen LogP contribution in [0.4, 0.5) is 0 Å². The van der Waals surface area contributed by atoms with E-state index in [-0.39, 0.29) is 12.5 Å². The summed E-state index contributed by atoms with van der Waals surface area (Å²) in [6.45, 7) is 3.24. The Labute approximate surface area is 132 Å². The average Bonchev–Trinajstić information content (AvgIpc) is 3.14. The SMILES string of the molecule is Cc1nc(-c2c[nH]c(C(=O)NCC3(O)CCOCC3)c2)cs1. The number of aromatic amines is 1. The van der Waals surface area contributed by atoms with Gasteiger partial charge in [-0.3, -0.25) is 4.79 Å². The maximum Gasteiger partial charge on any atom is 0.267 e. The quantitative estimate of drug-likeness (QED) is 0.800. The molecule has 0 spiro atoms. The number of hydrogen-bond donors (Lipinski definition) is 3. The summed E-state index contributed by atoms with van der Waals surface area (Å²) in [6.07, 6.45) is 2.86. The molecule has 3 heterocycles. The standard InChI is InChI=1S/C15H19N3O3S/c1-10-18-13(8-22-10)11-6-12(16-7-11)14(19)17-9-15(20)2-4-21-5-3-15/h6-8,16,20H,2-5,9H2,1H3,(H,17,19). The van der Waals surface area contributed by atoms with Gasteiger partial charge in [-0.2, -0.15) is 0 Å². The van der Waals surface area contributed by atoms with Crippen molar-refractivity contribution < 1.29 is 14.6 Å². The van der Waals surface area contributed by atoms with Crippen molar-refractivity contribution in [3.8, 4) is 11.3 Å². The van der Waals surface area contributed by atoms with E-state index in [1.165, 1.54) is 0 Å². The summed E-state index contributed by atoms with van der Waals surface area (Å²) in [5.41, 5.74) is 1.35. The lowest BCUT2D eigenvalue weighted by Crippen LogP contribution is -2.46. The Bertz CT molecular complexity index is 659. The molecule has 0 bridgehead atoms. The van der Waals surface area contributed by atoms with Crippen molar-refractivity contribution in [3.05, 3.63) is 28.3 Å². The molecule has 0 aliphatic carbocycles. The van der Waals surface area contributed by atoms with E-state index in [1.807, 2.05) is 12.3 Å². The number of hydrogen-bond acceptors (Lipinski definition) is 5. The van der Waals surface area contributed by atoms with Gasteiger partial charge in [-0.1, -0.05) is 0 Å². The maximum atomic E-state index is 12.2. The van der Waals surface area contributed by atoms with E-state index in [4.69, 9.17) is 4.74 Å². The summed E-state index contributed by atoms with van der Waals surface area (Å²) in [4.78, 5) is 19.5. The fourth-order valence-corrected chi connectivity index (χ4v) is 3.06. The normalized spacial score (nSPS) is 17.4. The molecule has 0 saturated carbocycles. The number of carbonyl (C=O) groups excluding carboxylic acids is 1. The van der Waals surface area contributed by atoms with Crippen molar-refractivity contribution in [1.82, 2.24) is 15.3 Å². The summed E-state index contributed by atoms with van der Waals surface area (Å²) in [7, 11) is 0. The number of nitrogens with one attached hydrogen (secondary N) is 2. The first-order chi connectivity index (χ1) is 10.6. The van der Waals surface area contributed by atoms with E-state index < -0.39 is 5.60 Å². The van der Waals surface area contributed by atoms with Crippen LogP contribution >= 0.6 is 11.3 Å². The van der Waals surface area contributed by atoms with Crippen LogP contribution in [0.25, 0.3) is 11.3 Å². The molecule has 7 heteroatoms. The highest BCUT2D eigenvalue weighted by molar-refractivity contribution is 7.09. The van der Waals surface area contributed by atoms with Crippen LogP contribution in [-0.4, -0.2) is 46.3 Å². The van der Waals surface area contributed by atoms with Crippen molar-refractivity contribution in [1.29, 1.82) is 0 Å². The van der Waals surface area contributed by atoms with E-state index in [9.17, 15) is 9.90 Å². The van der Waals surface area contributed by atoms with Crippen molar-refractivity contribution in [2.45, 2.75) is 25.4 Å². The molecule has 0 aromatic carbocycles. The lowest BCUT2D eigenvalue weighted by molar-refractivity contribution is -0.0605. The van der Waals surface area contributed by atoms with Crippen molar-refractivity contribution >= 4 is 17.2 Å². The molecular weight excluding hydrogens is 302 g/mol. The van der Waals surface area contributed by atoms with Gasteiger partial charge in [-0.05, 0) is 13.0 Å². The first-order valence-corrected chi connectivity index (χ1v) is 8.13. The topological polar surface area (TPSA) is 87.2 Å². The number of amides is 1. The molecule has 6 nitrogen and oxygen atoms in total. The van der Waals surface area contributed by atoms with E-state index in [0.29, 0.717) is 31.7 Å². The number of ether oxygens (including phenoxy) is 1. The maximum absolute atomic E-state index is 12.2. The van der Waals surface area contributed by atoms with Gasteiger partial charge >= 0.3 is 0 Å². The molecule has 1 saturated heterocycles. The van der Waals surface area contributed by atoms with Gasteiger partial charge in [0.25, 0.3) is 5.91 Å². The zero-order valence-electron chi connectivity index (χ0n) is 12.4. The van der Waals surface area contributed by atoms with Gasteiger partial charge < -0.3 is 20.1 Å². The third kappa shape index (κ3) is 3.37. The number of aryl methyl sites for hydroxylation is 1. The number of nitrogens with zero attached hydrogens (tertiary/aromatic N) is 1. The van der Waals surface area contributed by atoms with Crippen LogP contribution in [0.3, 0.4) is 0 Å². The molecule has 1 fully saturated rings. The molecule has 3 N–H and O–H groups in total. The lowest BCUT2D eigenvalue weighted by atomic mass is 9.94. The van der Waals surface area contributed by atoms with E-state index in [0.717, 1.165) is 16.3 Å². The zero-order chi connectivity index (χ0) is 15.6. The van der Waals surface area contributed by atoms with Crippen LogP contribution in [0, 0.1) is 6.92 Å². The predicted octanol–water partition coefficient (Wildman–Crippen LogP) is 1.72. The van der Waals surface area contributed by atoms with Crippen LogP contribution < -0.4 is 5.32 Å². The van der Waals surface area contributed by atoms with Gasteiger partial charge in [0.1, 0.15) is 5.69 Å². The minimum atomic E-state index is -0.866. The Morgan fingerprint density at radius 2 is 2.32 bits per heavy atom. The number of carbonyl (C=O) groups is 1. The molecule has 0 atom stereocenters.